The summed E-state index contributed by atoms with van der Waals surface area (Å²) in [6.45, 7) is 6.51. The van der Waals surface area contributed by atoms with Crippen LogP contribution >= 0.6 is 0 Å². The van der Waals surface area contributed by atoms with Crippen molar-refractivity contribution < 1.29 is 28.6 Å². The molecule has 0 aromatic carbocycles. The summed E-state index contributed by atoms with van der Waals surface area (Å²) in [5, 5.41) is 0. The van der Waals surface area contributed by atoms with Gasteiger partial charge in [0, 0.05) is 19.3 Å². The van der Waals surface area contributed by atoms with Crippen molar-refractivity contribution in [2.75, 3.05) is 13.2 Å². The van der Waals surface area contributed by atoms with Crippen molar-refractivity contribution in [3.8, 4) is 0 Å². The second kappa shape index (κ2) is 61.4. The Balaban J connectivity index is 4.44. The lowest BCUT2D eigenvalue weighted by Gasteiger charge is -2.18. The summed E-state index contributed by atoms with van der Waals surface area (Å²) in [4.78, 5) is 38.3. The number of esters is 3. The van der Waals surface area contributed by atoms with E-state index in [0.717, 1.165) is 77.0 Å². The van der Waals surface area contributed by atoms with Gasteiger partial charge in [0.05, 0.1) is 0 Å². The lowest BCUT2D eigenvalue weighted by Crippen LogP contribution is -2.30. The number of hydrogen-bond acceptors (Lipinski definition) is 6. The first-order valence-corrected chi connectivity index (χ1v) is 31.4. The van der Waals surface area contributed by atoms with Gasteiger partial charge in [0.2, 0.25) is 0 Å². The van der Waals surface area contributed by atoms with Crippen LogP contribution in [-0.4, -0.2) is 37.2 Å². The summed E-state index contributed by atoms with van der Waals surface area (Å²) in [6, 6.07) is 0. The molecule has 422 valence electrons. The SMILES string of the molecule is CC/C=C/C/C=C/C/C=C/C/C=C/C/C=C/C/C=C/CCC(=O)OC[C@@H](COC(=O)CCCCCCCCCCCCCCCCCCC)OC(=O)CCCCCCCCCCCCCCCCCCCCC. The van der Waals surface area contributed by atoms with E-state index >= 15 is 0 Å². The summed E-state index contributed by atoms with van der Waals surface area (Å²) < 4.78 is 16.9. The third-order valence-corrected chi connectivity index (χ3v) is 13.7. The van der Waals surface area contributed by atoms with E-state index in [2.05, 4.69) is 87.6 Å². The van der Waals surface area contributed by atoms with Gasteiger partial charge in [-0.2, -0.15) is 0 Å². The molecule has 0 heterocycles. The van der Waals surface area contributed by atoms with Gasteiger partial charge in [-0.3, -0.25) is 14.4 Å². The Bertz CT molecular complexity index is 1360. The predicted molar refractivity (Wildman–Crippen MR) is 316 cm³/mol. The standard InChI is InChI=1S/C67H118O6/c1-4-7-10-13-16-19-22-25-28-31-33-36-39-42-45-48-51-54-57-60-66(69)72-63-64(62-71-65(68)59-56-53-50-47-44-41-38-35-30-27-24-21-18-15-12-9-6-3)73-67(70)61-58-55-52-49-46-43-40-37-34-32-29-26-23-20-17-14-11-8-5-2/h7,10,16,19,25,28,33,36,42,45,51,54,64H,4-6,8-9,11-15,17-18,20-24,26-27,29-32,34-35,37-41,43-44,46-50,52-53,55-63H2,1-3H3/b10-7+,19-16+,28-25+,36-33+,45-42+,54-51+/t64-/m1/s1. The number of unbranched alkanes of at least 4 members (excludes halogenated alkanes) is 34. The fraction of sp³-hybridized carbons (Fsp3) is 0.776. The van der Waals surface area contributed by atoms with Crippen LogP contribution in [0.5, 0.6) is 0 Å². The van der Waals surface area contributed by atoms with Crippen molar-refractivity contribution in [1.29, 1.82) is 0 Å². The molecule has 0 aliphatic carbocycles. The molecule has 0 saturated carbocycles. The molecule has 0 aromatic heterocycles. The van der Waals surface area contributed by atoms with Crippen LogP contribution in [0.1, 0.15) is 316 Å². The van der Waals surface area contributed by atoms with E-state index in [1.165, 1.54) is 193 Å². The number of carbonyl (C=O) groups excluding carboxylic acids is 3. The van der Waals surface area contributed by atoms with E-state index < -0.39 is 6.10 Å². The zero-order chi connectivity index (χ0) is 52.9. The summed E-state index contributed by atoms with van der Waals surface area (Å²) in [6.07, 6.45) is 79.2. The Kier molecular flexibility index (Phi) is 58.7. The van der Waals surface area contributed by atoms with Crippen molar-refractivity contribution in [3.05, 3.63) is 72.9 Å². The number of carbonyl (C=O) groups is 3. The molecule has 0 bridgehead atoms. The van der Waals surface area contributed by atoms with Gasteiger partial charge < -0.3 is 14.2 Å². The number of rotatable bonds is 57. The van der Waals surface area contributed by atoms with Crippen LogP contribution in [0.4, 0.5) is 0 Å². The first-order valence-electron chi connectivity index (χ1n) is 31.4. The maximum atomic E-state index is 12.9. The summed E-state index contributed by atoms with van der Waals surface area (Å²) >= 11 is 0. The molecule has 1 atom stereocenters. The quantitative estimate of drug-likeness (QED) is 0.0261. The number of hydrogen-bond donors (Lipinski definition) is 0. The van der Waals surface area contributed by atoms with Crippen LogP contribution in [0.25, 0.3) is 0 Å². The second-order valence-electron chi connectivity index (χ2n) is 21.0. The predicted octanol–water partition coefficient (Wildman–Crippen LogP) is 21.3. The molecule has 0 fully saturated rings. The largest absolute Gasteiger partial charge is 0.462 e. The molecule has 73 heavy (non-hydrogen) atoms. The minimum atomic E-state index is -0.804. The Morgan fingerprint density at radius 1 is 0.288 bits per heavy atom. The maximum absolute atomic E-state index is 12.9. The van der Waals surface area contributed by atoms with Crippen molar-refractivity contribution in [3.63, 3.8) is 0 Å². The Morgan fingerprint density at radius 3 is 0.836 bits per heavy atom. The third-order valence-electron chi connectivity index (χ3n) is 13.7. The lowest BCUT2D eigenvalue weighted by molar-refractivity contribution is -0.166. The maximum Gasteiger partial charge on any atom is 0.306 e. The highest BCUT2D eigenvalue weighted by Crippen LogP contribution is 2.17. The van der Waals surface area contributed by atoms with Crippen molar-refractivity contribution in [1.82, 2.24) is 0 Å². The average molecular weight is 1020 g/mol. The molecular weight excluding hydrogens is 901 g/mol. The molecule has 0 N–H and O–H groups in total. The van der Waals surface area contributed by atoms with Crippen LogP contribution in [0.2, 0.25) is 0 Å². The Labute approximate surface area is 453 Å². The molecule has 0 radical (unpaired) electrons. The van der Waals surface area contributed by atoms with Crippen LogP contribution in [0.3, 0.4) is 0 Å². The highest BCUT2D eigenvalue weighted by molar-refractivity contribution is 5.71. The van der Waals surface area contributed by atoms with E-state index in [4.69, 9.17) is 14.2 Å². The van der Waals surface area contributed by atoms with Gasteiger partial charge in [0.15, 0.2) is 6.10 Å². The Morgan fingerprint density at radius 2 is 0.534 bits per heavy atom. The molecule has 0 spiro atoms. The molecule has 0 saturated heterocycles. The van der Waals surface area contributed by atoms with Gasteiger partial charge in [-0.25, -0.2) is 0 Å². The van der Waals surface area contributed by atoms with Gasteiger partial charge in [-0.1, -0.05) is 312 Å². The first-order chi connectivity index (χ1) is 36.0. The molecule has 0 rings (SSSR count). The van der Waals surface area contributed by atoms with Crippen LogP contribution < -0.4 is 0 Å². The van der Waals surface area contributed by atoms with E-state index in [1.807, 2.05) is 6.08 Å². The highest BCUT2D eigenvalue weighted by Gasteiger charge is 2.19. The van der Waals surface area contributed by atoms with E-state index in [-0.39, 0.29) is 37.5 Å². The molecule has 0 aliphatic heterocycles. The molecule has 6 heteroatoms. The number of allylic oxidation sites excluding steroid dienone is 12. The molecule has 0 aliphatic rings. The summed E-state index contributed by atoms with van der Waals surface area (Å²) in [5.74, 6) is -0.964. The fourth-order valence-corrected chi connectivity index (χ4v) is 9.06. The average Bonchev–Trinajstić information content (AvgIpc) is 3.39. The van der Waals surface area contributed by atoms with E-state index in [0.29, 0.717) is 19.3 Å². The minimum Gasteiger partial charge on any atom is -0.462 e. The topological polar surface area (TPSA) is 78.9 Å². The van der Waals surface area contributed by atoms with Crippen molar-refractivity contribution >= 4 is 17.9 Å². The normalized spacial score (nSPS) is 12.5. The highest BCUT2D eigenvalue weighted by atomic mass is 16.6. The van der Waals surface area contributed by atoms with E-state index in [9.17, 15) is 14.4 Å². The van der Waals surface area contributed by atoms with Crippen molar-refractivity contribution in [2.24, 2.45) is 0 Å². The minimum absolute atomic E-state index is 0.0941. The second-order valence-corrected chi connectivity index (χ2v) is 21.0. The molecule has 6 nitrogen and oxygen atoms in total. The molecule has 0 aromatic rings. The smallest absolute Gasteiger partial charge is 0.306 e. The first kappa shape index (κ1) is 69.8. The zero-order valence-electron chi connectivity index (χ0n) is 48.4. The van der Waals surface area contributed by atoms with Gasteiger partial charge in [0.25, 0.3) is 0 Å². The molecule has 0 amide bonds. The Hall–Kier alpha value is -3.15. The third kappa shape index (κ3) is 59.6. The van der Waals surface area contributed by atoms with Gasteiger partial charge in [0.1, 0.15) is 13.2 Å². The van der Waals surface area contributed by atoms with Crippen molar-refractivity contribution in [2.45, 2.75) is 322 Å². The molecular formula is C67H118O6. The lowest BCUT2D eigenvalue weighted by atomic mass is 10.0. The monoisotopic (exact) mass is 1020 g/mol. The number of ether oxygens (including phenoxy) is 3. The van der Waals surface area contributed by atoms with E-state index in [1.54, 1.807) is 0 Å². The van der Waals surface area contributed by atoms with Crippen LogP contribution in [0, 0.1) is 0 Å². The van der Waals surface area contributed by atoms with Crippen LogP contribution in [-0.2, 0) is 28.6 Å². The summed E-state index contributed by atoms with van der Waals surface area (Å²) in [5.41, 5.74) is 0. The van der Waals surface area contributed by atoms with Gasteiger partial charge in [-0.05, 0) is 57.8 Å². The fourth-order valence-electron chi connectivity index (χ4n) is 9.06. The van der Waals surface area contributed by atoms with Gasteiger partial charge >= 0.3 is 17.9 Å². The van der Waals surface area contributed by atoms with Gasteiger partial charge in [-0.15, -0.1) is 0 Å². The van der Waals surface area contributed by atoms with Crippen LogP contribution in [0.15, 0.2) is 72.9 Å². The zero-order valence-corrected chi connectivity index (χ0v) is 48.4. The summed E-state index contributed by atoms with van der Waals surface area (Å²) in [7, 11) is 0. The molecule has 0 unspecified atom stereocenters.